The van der Waals surface area contributed by atoms with Crippen LogP contribution in [-0.2, 0) is 19.6 Å². The minimum atomic E-state index is -7.33. The van der Waals surface area contributed by atoms with Gasteiger partial charge < -0.3 is 4.74 Å². The van der Waals surface area contributed by atoms with Gasteiger partial charge >= 0.3 is 29.2 Å². The lowest BCUT2D eigenvalue weighted by Gasteiger charge is -2.33. The van der Waals surface area contributed by atoms with Crippen molar-refractivity contribution in [3.63, 3.8) is 0 Å². The molecule has 5 nitrogen and oxygen atoms in total. The van der Waals surface area contributed by atoms with E-state index < -0.39 is 52.4 Å². The van der Waals surface area contributed by atoms with Crippen LogP contribution in [0.25, 0.3) is 0 Å². The Morgan fingerprint density at radius 1 is 0.957 bits per heavy atom. The predicted octanol–water partition coefficient (Wildman–Crippen LogP) is 1.89. The first-order valence-corrected chi connectivity index (χ1v) is 6.73. The monoisotopic (exact) mass is 385 g/mol. The number of hydrogen-bond acceptors (Lipinski definition) is 4. The van der Waals surface area contributed by atoms with E-state index in [0.717, 1.165) is 6.92 Å². The van der Waals surface area contributed by atoms with Crippen LogP contribution in [0.2, 0.25) is 0 Å². The van der Waals surface area contributed by atoms with Crippen molar-refractivity contribution in [3.8, 4) is 0 Å². The van der Waals surface area contributed by atoms with Crippen LogP contribution in [0.4, 0.5) is 39.5 Å². The van der Waals surface area contributed by atoms with Gasteiger partial charge in [0.15, 0.2) is 0 Å². The number of ether oxygens (including phenoxy) is 1. The Labute approximate surface area is 122 Å². The lowest BCUT2D eigenvalue weighted by Crippen LogP contribution is -2.65. The van der Waals surface area contributed by atoms with Gasteiger partial charge in [0.25, 0.3) is 10.0 Å². The highest BCUT2D eigenvalue weighted by atomic mass is 32.2. The smallest absolute Gasteiger partial charge is 0.460 e. The van der Waals surface area contributed by atoms with Gasteiger partial charge in [0.05, 0.1) is 0 Å². The van der Waals surface area contributed by atoms with E-state index >= 15 is 0 Å². The average Bonchev–Trinajstić information content (AvgIpc) is 2.32. The predicted molar refractivity (Wildman–Crippen MR) is 54.5 cm³/mol. The van der Waals surface area contributed by atoms with E-state index in [1.165, 1.54) is 0 Å². The Kier molecular flexibility index (Phi) is 5.99. The Bertz CT molecular complexity index is 542. The number of hydrogen-bond donors (Lipinski definition) is 1. The summed E-state index contributed by atoms with van der Waals surface area (Å²) in [6, 6.07) is 0. The van der Waals surface area contributed by atoms with Crippen LogP contribution in [0.1, 0.15) is 6.92 Å². The number of esters is 1. The van der Waals surface area contributed by atoms with Gasteiger partial charge in [-0.1, -0.05) is 0 Å². The van der Waals surface area contributed by atoms with E-state index in [2.05, 4.69) is 4.74 Å². The molecule has 0 radical (unpaired) electrons. The molecule has 0 rings (SSSR count). The fourth-order valence-corrected chi connectivity index (χ4v) is 1.99. The third kappa shape index (κ3) is 3.99. The minimum absolute atomic E-state index is 0.649. The Balaban J connectivity index is 5.47. The van der Waals surface area contributed by atoms with Gasteiger partial charge in [0, 0.05) is 13.5 Å². The zero-order valence-electron chi connectivity index (χ0n) is 10.9. The molecule has 0 aliphatic rings. The van der Waals surface area contributed by atoms with Crippen LogP contribution >= 0.6 is 0 Å². The van der Waals surface area contributed by atoms with Crippen LogP contribution in [0.15, 0.2) is 0 Å². The fourth-order valence-electron chi connectivity index (χ4n) is 0.991. The van der Waals surface area contributed by atoms with Crippen molar-refractivity contribution in [2.45, 2.75) is 30.2 Å². The molecule has 0 saturated carbocycles. The van der Waals surface area contributed by atoms with Crippen molar-refractivity contribution in [2.24, 2.45) is 0 Å². The topological polar surface area (TPSA) is 72.5 Å². The number of sulfonamides is 1. The van der Waals surface area contributed by atoms with E-state index in [1.807, 2.05) is 0 Å². The molecule has 0 heterocycles. The highest BCUT2D eigenvalue weighted by molar-refractivity contribution is 7.90. The Morgan fingerprint density at radius 3 is 1.74 bits per heavy atom. The second kappa shape index (κ2) is 6.33. The standard InChI is InChI=1S/C8H8F9NO4S/c1-4(19)22-3-2-18-23(20,21)8(16,17)6(11,12)5(9,10)7(13,14)15/h18H,2-3H2,1H3. The summed E-state index contributed by atoms with van der Waals surface area (Å²) >= 11 is 0. The summed E-state index contributed by atoms with van der Waals surface area (Å²) in [5.41, 5.74) is 0. The summed E-state index contributed by atoms with van der Waals surface area (Å²) < 4.78 is 139. The SMILES string of the molecule is CC(=O)OCCNS(=O)(=O)C(F)(F)C(F)(F)C(F)(F)C(F)(F)F. The molecular weight excluding hydrogens is 377 g/mol. The molecule has 0 aromatic rings. The average molecular weight is 385 g/mol. The van der Waals surface area contributed by atoms with E-state index in [0.29, 0.717) is 4.72 Å². The van der Waals surface area contributed by atoms with Gasteiger partial charge in [-0.3, -0.25) is 4.79 Å². The molecule has 0 atom stereocenters. The Morgan fingerprint density at radius 2 is 1.39 bits per heavy atom. The van der Waals surface area contributed by atoms with Crippen LogP contribution < -0.4 is 4.72 Å². The summed E-state index contributed by atoms with van der Waals surface area (Å²) in [5, 5.41) is -6.81. The maximum atomic E-state index is 13.1. The zero-order valence-corrected chi connectivity index (χ0v) is 11.7. The molecule has 23 heavy (non-hydrogen) atoms. The van der Waals surface area contributed by atoms with Crippen molar-refractivity contribution < 1.29 is 57.5 Å². The fraction of sp³-hybridized carbons (Fsp3) is 0.875. The molecule has 0 bridgehead atoms. The number of halogens is 9. The number of carbonyl (C=O) groups is 1. The van der Waals surface area contributed by atoms with E-state index in [4.69, 9.17) is 0 Å². The molecule has 0 aromatic carbocycles. The number of carbonyl (C=O) groups excluding carboxylic acids is 1. The van der Waals surface area contributed by atoms with Crippen LogP contribution in [0.5, 0.6) is 0 Å². The first-order valence-electron chi connectivity index (χ1n) is 5.24. The molecule has 0 unspecified atom stereocenters. The van der Waals surface area contributed by atoms with Gasteiger partial charge in [-0.25, -0.2) is 13.1 Å². The maximum absolute atomic E-state index is 13.1. The number of alkyl halides is 9. The molecule has 1 N–H and O–H groups in total. The second-order valence-electron chi connectivity index (χ2n) is 3.90. The van der Waals surface area contributed by atoms with Gasteiger partial charge in [-0.15, -0.1) is 0 Å². The third-order valence-corrected chi connectivity index (χ3v) is 3.67. The summed E-state index contributed by atoms with van der Waals surface area (Å²) in [4.78, 5) is 10.3. The quantitative estimate of drug-likeness (QED) is 0.413. The molecule has 0 amide bonds. The van der Waals surface area contributed by atoms with Gasteiger partial charge in [-0.2, -0.15) is 39.5 Å². The molecule has 0 aliphatic carbocycles. The molecule has 0 aromatic heterocycles. The first-order chi connectivity index (χ1) is 9.92. The van der Waals surface area contributed by atoms with Gasteiger partial charge in [0.1, 0.15) is 6.61 Å². The summed E-state index contributed by atoms with van der Waals surface area (Å²) in [6.07, 6.45) is -7.13. The number of rotatable bonds is 7. The highest BCUT2D eigenvalue weighted by Gasteiger charge is 2.85. The lowest BCUT2D eigenvalue weighted by atomic mass is 10.1. The van der Waals surface area contributed by atoms with E-state index in [9.17, 15) is 52.7 Å². The highest BCUT2D eigenvalue weighted by Crippen LogP contribution is 2.54. The number of nitrogens with one attached hydrogen (secondary N) is 1. The van der Waals surface area contributed by atoms with E-state index in [1.54, 1.807) is 0 Å². The summed E-state index contributed by atoms with van der Waals surface area (Å²) in [5.74, 6) is -15.6. The molecule has 0 spiro atoms. The minimum Gasteiger partial charge on any atom is -0.464 e. The molecule has 15 heteroatoms. The zero-order chi connectivity index (χ0) is 18.9. The normalized spacial score (nSPS) is 14.7. The maximum Gasteiger partial charge on any atom is 0.460 e. The summed E-state index contributed by atoms with van der Waals surface area (Å²) in [6.45, 7) is -1.40. The lowest BCUT2D eigenvalue weighted by molar-refractivity contribution is -0.382. The van der Waals surface area contributed by atoms with Crippen molar-refractivity contribution in [3.05, 3.63) is 0 Å². The van der Waals surface area contributed by atoms with Gasteiger partial charge in [0.2, 0.25) is 0 Å². The van der Waals surface area contributed by atoms with Crippen molar-refractivity contribution >= 4 is 16.0 Å². The van der Waals surface area contributed by atoms with Crippen LogP contribution in [-0.4, -0.2) is 50.8 Å². The largest absolute Gasteiger partial charge is 0.464 e. The molecule has 138 valence electrons. The van der Waals surface area contributed by atoms with Crippen LogP contribution in [0.3, 0.4) is 0 Å². The molecular formula is C8H8F9NO4S. The summed E-state index contributed by atoms with van der Waals surface area (Å²) in [7, 11) is -6.66. The first kappa shape index (κ1) is 21.8. The van der Waals surface area contributed by atoms with Crippen molar-refractivity contribution in [2.75, 3.05) is 13.2 Å². The van der Waals surface area contributed by atoms with Crippen LogP contribution in [0, 0.1) is 0 Å². The third-order valence-electron chi connectivity index (χ3n) is 2.15. The van der Waals surface area contributed by atoms with Gasteiger partial charge in [-0.05, 0) is 0 Å². The second-order valence-corrected chi connectivity index (χ2v) is 5.71. The van der Waals surface area contributed by atoms with E-state index in [-0.39, 0.29) is 0 Å². The van der Waals surface area contributed by atoms with Crippen molar-refractivity contribution in [1.82, 2.24) is 4.72 Å². The molecule has 0 saturated heterocycles. The molecule has 0 aliphatic heterocycles. The van der Waals surface area contributed by atoms with Crippen molar-refractivity contribution in [1.29, 1.82) is 0 Å². The Hall–Kier alpha value is -1.25. The molecule has 0 fully saturated rings.